The normalized spacial score (nSPS) is 18.9. The van der Waals surface area contributed by atoms with Gasteiger partial charge in [-0.2, -0.15) is 13.2 Å². The maximum absolute atomic E-state index is 12.8. The molecule has 0 aliphatic heterocycles. The van der Waals surface area contributed by atoms with Gasteiger partial charge >= 0.3 is 6.18 Å². The molecule has 1 aliphatic carbocycles. The molecule has 2 rings (SSSR count). The fourth-order valence-corrected chi connectivity index (χ4v) is 2.05. The summed E-state index contributed by atoms with van der Waals surface area (Å²) in [4.78, 5) is 0. The number of hydrogen-bond donors (Lipinski definition) is 1. The number of halogens is 3. The summed E-state index contributed by atoms with van der Waals surface area (Å²) in [5, 5.41) is 0. The van der Waals surface area contributed by atoms with Crippen LogP contribution in [0.15, 0.2) is 18.2 Å². The number of hydrogen-bond acceptors (Lipinski definition) is 1. The first-order valence-corrected chi connectivity index (χ1v) is 4.80. The number of nitrogen functional groups attached to an aromatic ring is 1. The van der Waals surface area contributed by atoms with Crippen LogP contribution >= 0.6 is 0 Å². The topological polar surface area (TPSA) is 26.0 Å². The van der Waals surface area contributed by atoms with E-state index in [1.54, 1.807) is 13.0 Å². The highest BCUT2D eigenvalue weighted by molar-refractivity contribution is 5.49. The highest BCUT2D eigenvalue weighted by Gasteiger charge is 2.64. The summed E-state index contributed by atoms with van der Waals surface area (Å²) >= 11 is 0. The van der Waals surface area contributed by atoms with E-state index in [1.165, 1.54) is 12.1 Å². The van der Waals surface area contributed by atoms with Crippen LogP contribution in [-0.2, 0) is 5.41 Å². The minimum absolute atomic E-state index is 0.196. The van der Waals surface area contributed by atoms with Gasteiger partial charge in [0, 0.05) is 5.69 Å². The lowest BCUT2D eigenvalue weighted by Crippen LogP contribution is -2.29. The Hall–Kier alpha value is -1.19. The van der Waals surface area contributed by atoms with Crippen LogP contribution in [0, 0.1) is 6.92 Å². The molecule has 0 saturated heterocycles. The first kappa shape index (κ1) is 10.3. The summed E-state index contributed by atoms with van der Waals surface area (Å²) in [7, 11) is 0. The summed E-state index contributed by atoms with van der Waals surface area (Å²) in [6.07, 6.45) is -3.75. The quantitative estimate of drug-likeness (QED) is 0.715. The standard InChI is InChI=1S/C11H12F3N/c1-7-6-8(15)2-3-9(7)10(4-5-10)11(12,13)14/h2-3,6H,4-5,15H2,1H3. The number of alkyl halides is 3. The molecule has 0 bridgehead atoms. The Bertz CT molecular complexity index is 391. The van der Waals surface area contributed by atoms with Crippen molar-refractivity contribution < 1.29 is 13.2 Å². The van der Waals surface area contributed by atoms with Crippen LogP contribution in [0.3, 0.4) is 0 Å². The maximum Gasteiger partial charge on any atom is 0.398 e. The summed E-state index contributed by atoms with van der Waals surface area (Å²) < 4.78 is 38.5. The summed E-state index contributed by atoms with van der Waals surface area (Å²) in [5.74, 6) is 0. The van der Waals surface area contributed by atoms with E-state index in [4.69, 9.17) is 5.73 Å². The highest BCUT2D eigenvalue weighted by atomic mass is 19.4. The fourth-order valence-electron chi connectivity index (χ4n) is 2.05. The molecule has 1 aliphatic rings. The Morgan fingerprint density at radius 3 is 2.27 bits per heavy atom. The smallest absolute Gasteiger partial charge is 0.398 e. The van der Waals surface area contributed by atoms with Gasteiger partial charge in [0.25, 0.3) is 0 Å². The zero-order valence-corrected chi connectivity index (χ0v) is 8.36. The number of benzene rings is 1. The van der Waals surface area contributed by atoms with Crippen molar-refractivity contribution in [1.29, 1.82) is 0 Å². The van der Waals surface area contributed by atoms with E-state index in [0.29, 0.717) is 16.8 Å². The van der Waals surface area contributed by atoms with Gasteiger partial charge in [-0.3, -0.25) is 0 Å². The molecule has 0 heterocycles. The number of anilines is 1. The van der Waals surface area contributed by atoms with Crippen LogP contribution in [-0.4, -0.2) is 6.18 Å². The van der Waals surface area contributed by atoms with E-state index in [1.807, 2.05) is 0 Å². The molecule has 1 aromatic rings. The second-order valence-corrected chi connectivity index (χ2v) is 4.15. The fraction of sp³-hybridized carbons (Fsp3) is 0.455. The molecule has 0 radical (unpaired) electrons. The zero-order chi connectivity index (χ0) is 11.3. The molecule has 0 atom stereocenters. The third-order valence-corrected chi connectivity index (χ3v) is 3.06. The predicted octanol–water partition coefficient (Wildman–Crippen LogP) is 3.17. The van der Waals surface area contributed by atoms with Gasteiger partial charge < -0.3 is 5.73 Å². The van der Waals surface area contributed by atoms with E-state index < -0.39 is 11.6 Å². The van der Waals surface area contributed by atoms with Gasteiger partial charge in [0.05, 0.1) is 5.41 Å². The first-order chi connectivity index (χ1) is 6.87. The third-order valence-electron chi connectivity index (χ3n) is 3.06. The van der Waals surface area contributed by atoms with Crippen molar-refractivity contribution in [2.45, 2.75) is 31.4 Å². The van der Waals surface area contributed by atoms with Crippen molar-refractivity contribution in [2.75, 3.05) is 5.73 Å². The maximum atomic E-state index is 12.8. The second kappa shape index (κ2) is 2.90. The van der Waals surface area contributed by atoms with Gasteiger partial charge in [-0.15, -0.1) is 0 Å². The van der Waals surface area contributed by atoms with Crippen molar-refractivity contribution >= 4 is 5.69 Å². The van der Waals surface area contributed by atoms with Crippen LogP contribution in [0.5, 0.6) is 0 Å². The lowest BCUT2D eigenvalue weighted by Gasteiger charge is -2.21. The molecule has 15 heavy (non-hydrogen) atoms. The Labute approximate surface area is 86.1 Å². The van der Waals surface area contributed by atoms with Crippen LogP contribution in [0.4, 0.5) is 18.9 Å². The van der Waals surface area contributed by atoms with Crippen LogP contribution in [0.2, 0.25) is 0 Å². The molecule has 0 aromatic heterocycles. The number of aryl methyl sites for hydroxylation is 1. The van der Waals surface area contributed by atoms with Gasteiger partial charge in [0.1, 0.15) is 0 Å². The van der Waals surface area contributed by atoms with Crippen LogP contribution in [0.1, 0.15) is 24.0 Å². The molecule has 0 spiro atoms. The van der Waals surface area contributed by atoms with E-state index in [0.717, 1.165) is 0 Å². The Balaban J connectivity index is 2.47. The average molecular weight is 215 g/mol. The van der Waals surface area contributed by atoms with Gasteiger partial charge in [-0.05, 0) is 43.0 Å². The Kier molecular flexibility index (Phi) is 2.00. The first-order valence-electron chi connectivity index (χ1n) is 4.80. The summed E-state index contributed by atoms with van der Waals surface area (Å²) in [5.41, 5.74) is 5.44. The van der Waals surface area contributed by atoms with Gasteiger partial charge in [-0.1, -0.05) is 6.07 Å². The van der Waals surface area contributed by atoms with E-state index >= 15 is 0 Å². The van der Waals surface area contributed by atoms with E-state index in [-0.39, 0.29) is 12.8 Å². The largest absolute Gasteiger partial charge is 0.399 e. The van der Waals surface area contributed by atoms with Crippen LogP contribution in [0.25, 0.3) is 0 Å². The number of nitrogens with two attached hydrogens (primary N) is 1. The molecule has 0 amide bonds. The summed E-state index contributed by atoms with van der Waals surface area (Å²) in [6.45, 7) is 1.68. The molecule has 1 saturated carbocycles. The van der Waals surface area contributed by atoms with Crippen molar-refractivity contribution in [3.63, 3.8) is 0 Å². The minimum Gasteiger partial charge on any atom is -0.399 e. The lowest BCUT2D eigenvalue weighted by atomic mass is 9.91. The van der Waals surface area contributed by atoms with E-state index in [9.17, 15) is 13.2 Å². The van der Waals surface area contributed by atoms with Crippen molar-refractivity contribution in [2.24, 2.45) is 0 Å². The lowest BCUT2D eigenvalue weighted by molar-refractivity contribution is -0.160. The highest BCUT2D eigenvalue weighted by Crippen LogP contribution is 2.59. The average Bonchev–Trinajstić information content (AvgIpc) is 2.83. The molecular formula is C11H12F3N. The van der Waals surface area contributed by atoms with Gasteiger partial charge in [-0.25, -0.2) is 0 Å². The number of rotatable bonds is 1. The molecule has 2 N–H and O–H groups in total. The zero-order valence-electron chi connectivity index (χ0n) is 8.36. The second-order valence-electron chi connectivity index (χ2n) is 4.15. The summed E-state index contributed by atoms with van der Waals surface area (Å²) in [6, 6.07) is 4.64. The van der Waals surface area contributed by atoms with Gasteiger partial charge in [0.15, 0.2) is 0 Å². The molecule has 1 nitrogen and oxygen atoms in total. The van der Waals surface area contributed by atoms with Crippen molar-refractivity contribution in [1.82, 2.24) is 0 Å². The van der Waals surface area contributed by atoms with E-state index in [2.05, 4.69) is 0 Å². The third kappa shape index (κ3) is 1.48. The van der Waals surface area contributed by atoms with Crippen LogP contribution < -0.4 is 5.73 Å². The SMILES string of the molecule is Cc1cc(N)ccc1C1(C(F)(F)F)CC1. The monoisotopic (exact) mass is 215 g/mol. The molecule has 82 valence electrons. The van der Waals surface area contributed by atoms with Crippen molar-refractivity contribution in [3.05, 3.63) is 29.3 Å². The molecule has 1 aromatic carbocycles. The molecule has 1 fully saturated rings. The van der Waals surface area contributed by atoms with Crippen molar-refractivity contribution in [3.8, 4) is 0 Å². The van der Waals surface area contributed by atoms with Gasteiger partial charge in [0.2, 0.25) is 0 Å². The minimum atomic E-state index is -4.14. The molecule has 0 unspecified atom stereocenters. The molecular weight excluding hydrogens is 203 g/mol. The predicted molar refractivity (Wildman–Crippen MR) is 52.6 cm³/mol. The molecule has 4 heteroatoms. The Morgan fingerprint density at radius 1 is 1.27 bits per heavy atom. The Morgan fingerprint density at radius 2 is 1.87 bits per heavy atom.